The highest BCUT2D eigenvalue weighted by atomic mass is 16.6. The predicted octanol–water partition coefficient (Wildman–Crippen LogP) is 2.85. The smallest absolute Gasteiger partial charge is 0.407 e. The van der Waals surface area contributed by atoms with Crippen LogP contribution in [0.15, 0.2) is 22.8 Å². The van der Waals surface area contributed by atoms with Gasteiger partial charge in [-0.1, -0.05) is 20.8 Å². The lowest BCUT2D eigenvalue weighted by Crippen LogP contribution is -2.56. The van der Waals surface area contributed by atoms with E-state index in [-0.39, 0.29) is 23.4 Å². The average molecular weight is 360 g/mol. The molecule has 0 spiro atoms. The standard InChI is InChI=1S/C18H24N4O4/c1-18(2,3)15-10-12(7-8-22(15)17(24)25)21(4)16(23)11-5-6-13-14(9-11)20-26-19-13/h5-6,9,12,15H,7-8,10H2,1-4H3,(H,24,25). The van der Waals surface area contributed by atoms with Crippen LogP contribution >= 0.6 is 0 Å². The monoisotopic (exact) mass is 360 g/mol. The first-order valence-corrected chi connectivity index (χ1v) is 8.67. The summed E-state index contributed by atoms with van der Waals surface area (Å²) in [4.78, 5) is 27.7. The summed E-state index contributed by atoms with van der Waals surface area (Å²) < 4.78 is 4.68. The van der Waals surface area contributed by atoms with Crippen molar-refractivity contribution in [3.05, 3.63) is 23.8 Å². The molecule has 2 atom stereocenters. The van der Waals surface area contributed by atoms with Gasteiger partial charge in [-0.25, -0.2) is 9.42 Å². The number of amides is 2. The van der Waals surface area contributed by atoms with Crippen LogP contribution in [0.1, 0.15) is 44.0 Å². The summed E-state index contributed by atoms with van der Waals surface area (Å²) in [5, 5.41) is 17.0. The minimum Gasteiger partial charge on any atom is -0.465 e. The Morgan fingerprint density at radius 1 is 1.27 bits per heavy atom. The first-order valence-electron chi connectivity index (χ1n) is 8.67. The summed E-state index contributed by atoms with van der Waals surface area (Å²) in [6.07, 6.45) is 0.335. The van der Waals surface area contributed by atoms with E-state index in [4.69, 9.17) is 0 Å². The molecule has 1 fully saturated rings. The number of nitrogens with zero attached hydrogens (tertiary/aromatic N) is 4. The van der Waals surface area contributed by atoms with Crippen LogP contribution in [0.25, 0.3) is 11.0 Å². The Kier molecular flexibility index (Phi) is 4.60. The molecule has 1 aromatic heterocycles. The quantitative estimate of drug-likeness (QED) is 0.884. The summed E-state index contributed by atoms with van der Waals surface area (Å²) in [5.41, 5.74) is 1.46. The summed E-state index contributed by atoms with van der Waals surface area (Å²) >= 11 is 0. The molecule has 1 saturated heterocycles. The highest BCUT2D eigenvalue weighted by Gasteiger charge is 2.40. The zero-order chi connectivity index (χ0) is 19.1. The summed E-state index contributed by atoms with van der Waals surface area (Å²) in [6, 6.07) is 4.92. The number of aromatic nitrogens is 2. The number of carbonyl (C=O) groups is 2. The second-order valence-electron chi connectivity index (χ2n) is 7.92. The van der Waals surface area contributed by atoms with E-state index in [1.54, 1.807) is 30.1 Å². The van der Waals surface area contributed by atoms with Gasteiger partial charge in [0, 0.05) is 31.2 Å². The molecule has 140 valence electrons. The Balaban J connectivity index is 1.79. The van der Waals surface area contributed by atoms with Gasteiger partial charge in [0.1, 0.15) is 11.0 Å². The number of hydrogen-bond donors (Lipinski definition) is 1. The normalized spacial score (nSPS) is 21.0. The number of rotatable bonds is 2. The van der Waals surface area contributed by atoms with Gasteiger partial charge in [0.15, 0.2) is 0 Å². The van der Waals surface area contributed by atoms with E-state index >= 15 is 0 Å². The number of piperidine rings is 1. The molecule has 1 aromatic carbocycles. The number of carbonyl (C=O) groups excluding carboxylic acids is 1. The summed E-state index contributed by atoms with van der Waals surface area (Å²) in [7, 11) is 1.77. The van der Waals surface area contributed by atoms with Gasteiger partial charge in [-0.05, 0) is 46.8 Å². The fourth-order valence-corrected chi connectivity index (χ4v) is 3.63. The Hall–Kier alpha value is -2.64. The van der Waals surface area contributed by atoms with Gasteiger partial charge in [-0.2, -0.15) is 0 Å². The molecule has 1 N–H and O–H groups in total. The molecule has 1 aliphatic heterocycles. The molecule has 2 aromatic rings. The third-order valence-electron chi connectivity index (χ3n) is 5.19. The summed E-state index contributed by atoms with van der Waals surface area (Å²) in [6.45, 7) is 6.52. The molecule has 8 heteroatoms. The van der Waals surface area contributed by atoms with Crippen LogP contribution in [0.3, 0.4) is 0 Å². The molecule has 0 saturated carbocycles. The number of fused-ring (bicyclic) bond motifs is 1. The van der Waals surface area contributed by atoms with Crippen LogP contribution in [-0.2, 0) is 0 Å². The Labute approximate surface area is 151 Å². The Morgan fingerprint density at radius 2 is 1.96 bits per heavy atom. The molecular weight excluding hydrogens is 336 g/mol. The van der Waals surface area contributed by atoms with E-state index in [0.717, 1.165) is 0 Å². The molecule has 26 heavy (non-hydrogen) atoms. The molecule has 8 nitrogen and oxygen atoms in total. The van der Waals surface area contributed by atoms with Crippen molar-refractivity contribution in [2.45, 2.75) is 45.7 Å². The first-order chi connectivity index (χ1) is 12.2. The van der Waals surface area contributed by atoms with Gasteiger partial charge in [0.25, 0.3) is 5.91 Å². The molecule has 0 bridgehead atoms. The highest BCUT2D eigenvalue weighted by Crippen LogP contribution is 2.34. The third kappa shape index (κ3) is 3.36. The van der Waals surface area contributed by atoms with Crippen LogP contribution in [-0.4, -0.2) is 62.9 Å². The van der Waals surface area contributed by atoms with E-state index in [1.165, 1.54) is 4.90 Å². The summed E-state index contributed by atoms with van der Waals surface area (Å²) in [5.74, 6) is -0.115. The fourth-order valence-electron chi connectivity index (χ4n) is 3.63. The van der Waals surface area contributed by atoms with Gasteiger partial charge in [-0.15, -0.1) is 0 Å². The molecule has 1 aliphatic rings. The first kappa shape index (κ1) is 18.2. The molecule has 0 aliphatic carbocycles. The third-order valence-corrected chi connectivity index (χ3v) is 5.19. The van der Waals surface area contributed by atoms with Crippen molar-refractivity contribution in [2.24, 2.45) is 5.41 Å². The van der Waals surface area contributed by atoms with E-state index < -0.39 is 6.09 Å². The highest BCUT2D eigenvalue weighted by molar-refractivity contribution is 5.97. The lowest BCUT2D eigenvalue weighted by molar-refractivity contribution is 0.0245. The lowest BCUT2D eigenvalue weighted by Gasteiger charge is -2.46. The second-order valence-corrected chi connectivity index (χ2v) is 7.92. The maximum Gasteiger partial charge on any atom is 0.407 e. The maximum atomic E-state index is 12.9. The van der Waals surface area contributed by atoms with Crippen molar-refractivity contribution in [3.63, 3.8) is 0 Å². The van der Waals surface area contributed by atoms with Crippen molar-refractivity contribution >= 4 is 23.0 Å². The van der Waals surface area contributed by atoms with Crippen molar-refractivity contribution in [2.75, 3.05) is 13.6 Å². The van der Waals surface area contributed by atoms with Crippen molar-refractivity contribution < 1.29 is 19.3 Å². The molecule has 2 heterocycles. The topological polar surface area (TPSA) is 99.8 Å². The van der Waals surface area contributed by atoms with Crippen molar-refractivity contribution in [1.82, 2.24) is 20.1 Å². The molecule has 0 radical (unpaired) electrons. The van der Waals surface area contributed by atoms with Crippen LogP contribution in [0.2, 0.25) is 0 Å². The minimum absolute atomic E-state index is 0.0199. The zero-order valence-electron chi connectivity index (χ0n) is 15.5. The van der Waals surface area contributed by atoms with E-state index in [1.807, 2.05) is 20.8 Å². The Morgan fingerprint density at radius 3 is 2.62 bits per heavy atom. The predicted molar refractivity (Wildman–Crippen MR) is 94.9 cm³/mol. The second kappa shape index (κ2) is 6.59. The minimum atomic E-state index is -0.902. The zero-order valence-corrected chi connectivity index (χ0v) is 15.5. The van der Waals surface area contributed by atoms with Crippen LogP contribution < -0.4 is 0 Å². The lowest BCUT2D eigenvalue weighted by atomic mass is 9.79. The largest absolute Gasteiger partial charge is 0.465 e. The average Bonchev–Trinajstić information content (AvgIpc) is 3.06. The van der Waals surface area contributed by atoms with E-state index in [2.05, 4.69) is 14.9 Å². The fraction of sp³-hybridized carbons (Fsp3) is 0.556. The molecular formula is C18H24N4O4. The van der Waals surface area contributed by atoms with Gasteiger partial charge < -0.3 is 14.9 Å². The van der Waals surface area contributed by atoms with Gasteiger partial charge in [0.05, 0.1) is 0 Å². The molecule has 3 rings (SSSR count). The van der Waals surface area contributed by atoms with Gasteiger partial charge >= 0.3 is 6.09 Å². The van der Waals surface area contributed by atoms with E-state index in [0.29, 0.717) is 36.0 Å². The Bertz CT molecular complexity index is 826. The maximum absolute atomic E-state index is 12.9. The SMILES string of the molecule is CN(C(=O)c1ccc2nonc2c1)C1CCN(C(=O)O)C(C(C)(C)C)C1. The van der Waals surface area contributed by atoms with E-state index in [9.17, 15) is 14.7 Å². The number of likely N-dealkylation sites (tertiary alicyclic amines) is 1. The van der Waals surface area contributed by atoms with Crippen molar-refractivity contribution in [3.8, 4) is 0 Å². The van der Waals surface area contributed by atoms with Gasteiger partial charge in [0.2, 0.25) is 0 Å². The van der Waals surface area contributed by atoms with Crippen LogP contribution in [0.4, 0.5) is 4.79 Å². The number of benzene rings is 1. The van der Waals surface area contributed by atoms with Crippen LogP contribution in [0.5, 0.6) is 0 Å². The number of carboxylic acid groups (broad SMARTS) is 1. The molecule has 2 unspecified atom stereocenters. The molecule has 2 amide bonds. The van der Waals surface area contributed by atoms with Gasteiger partial charge in [-0.3, -0.25) is 4.79 Å². The van der Waals surface area contributed by atoms with Crippen molar-refractivity contribution in [1.29, 1.82) is 0 Å². The van der Waals surface area contributed by atoms with Crippen LogP contribution in [0, 0.1) is 5.41 Å². The number of hydrogen-bond acceptors (Lipinski definition) is 5.